The van der Waals surface area contributed by atoms with Gasteiger partial charge in [0.05, 0.1) is 6.04 Å². The zero-order chi connectivity index (χ0) is 8.85. The largest absolute Gasteiger partial charge is 0.368 e. The fourth-order valence-corrected chi connectivity index (χ4v) is 1.38. The highest BCUT2D eigenvalue weighted by Gasteiger charge is 2.14. The quantitative estimate of drug-likeness (QED) is 0.629. The minimum absolute atomic E-state index is 0.190. The molecule has 0 aromatic rings. The summed E-state index contributed by atoms with van der Waals surface area (Å²) in [5.74, 6) is 0.473. The van der Waals surface area contributed by atoms with Gasteiger partial charge in [0.25, 0.3) is 0 Å². The van der Waals surface area contributed by atoms with Gasteiger partial charge in [-0.1, -0.05) is 13.8 Å². The number of thioether (sulfide) groups is 1. The van der Waals surface area contributed by atoms with Gasteiger partial charge in [-0.25, -0.2) is 0 Å². The predicted molar refractivity (Wildman–Crippen MR) is 49.6 cm³/mol. The highest BCUT2D eigenvalue weighted by atomic mass is 32.2. The van der Waals surface area contributed by atoms with Gasteiger partial charge in [0.15, 0.2) is 0 Å². The SMILES string of the molecule is CSCC(NC(C)C)C(N)=O. The van der Waals surface area contributed by atoms with Crippen molar-refractivity contribution in [3.8, 4) is 0 Å². The van der Waals surface area contributed by atoms with E-state index in [4.69, 9.17) is 5.73 Å². The molecule has 1 amide bonds. The molecule has 0 aliphatic carbocycles. The van der Waals surface area contributed by atoms with Crippen molar-refractivity contribution in [1.82, 2.24) is 5.32 Å². The van der Waals surface area contributed by atoms with Crippen LogP contribution in [0.2, 0.25) is 0 Å². The van der Waals surface area contributed by atoms with Gasteiger partial charge >= 0.3 is 0 Å². The highest BCUT2D eigenvalue weighted by molar-refractivity contribution is 7.98. The Morgan fingerprint density at radius 2 is 2.18 bits per heavy atom. The molecule has 0 rings (SSSR count). The first-order chi connectivity index (χ1) is 5.07. The number of carbonyl (C=O) groups is 1. The van der Waals surface area contributed by atoms with E-state index < -0.39 is 0 Å². The zero-order valence-electron chi connectivity index (χ0n) is 7.26. The molecule has 1 unspecified atom stereocenters. The molecular weight excluding hydrogens is 160 g/mol. The molecule has 1 atom stereocenters. The van der Waals surface area contributed by atoms with Crippen LogP contribution in [0.4, 0.5) is 0 Å². The fourth-order valence-electron chi connectivity index (χ4n) is 0.781. The van der Waals surface area contributed by atoms with Crippen LogP contribution in [0.5, 0.6) is 0 Å². The molecule has 11 heavy (non-hydrogen) atoms. The maximum atomic E-state index is 10.8. The molecule has 66 valence electrons. The van der Waals surface area contributed by atoms with Crippen molar-refractivity contribution < 1.29 is 4.79 Å². The third-order valence-corrected chi connectivity index (χ3v) is 1.88. The van der Waals surface area contributed by atoms with E-state index in [0.717, 1.165) is 5.75 Å². The number of primary amides is 1. The molecule has 0 aromatic heterocycles. The molecule has 0 spiro atoms. The Labute approximate surface area is 72.1 Å². The molecule has 0 radical (unpaired) electrons. The molecule has 3 N–H and O–H groups in total. The van der Waals surface area contributed by atoms with E-state index >= 15 is 0 Å². The molecule has 0 bridgehead atoms. The number of rotatable bonds is 5. The van der Waals surface area contributed by atoms with Crippen molar-refractivity contribution in [3.05, 3.63) is 0 Å². The average Bonchev–Trinajstić information content (AvgIpc) is 1.86. The Kier molecular flexibility index (Phi) is 5.32. The Morgan fingerprint density at radius 3 is 2.45 bits per heavy atom. The first-order valence-corrected chi connectivity index (χ1v) is 5.01. The number of nitrogens with one attached hydrogen (secondary N) is 1. The van der Waals surface area contributed by atoms with Crippen molar-refractivity contribution in [3.63, 3.8) is 0 Å². The summed E-state index contributed by atoms with van der Waals surface area (Å²) in [6.45, 7) is 3.99. The third-order valence-electron chi connectivity index (χ3n) is 1.21. The minimum atomic E-state index is -0.270. The van der Waals surface area contributed by atoms with E-state index in [1.165, 1.54) is 0 Å². The van der Waals surface area contributed by atoms with Gasteiger partial charge in [0.1, 0.15) is 0 Å². The lowest BCUT2D eigenvalue weighted by Crippen LogP contribution is -2.46. The maximum Gasteiger partial charge on any atom is 0.235 e. The summed E-state index contributed by atoms with van der Waals surface area (Å²) in [6, 6.07) is 0.115. The third kappa shape index (κ3) is 5.09. The summed E-state index contributed by atoms with van der Waals surface area (Å²) in [4.78, 5) is 10.8. The highest BCUT2D eigenvalue weighted by Crippen LogP contribution is 1.97. The van der Waals surface area contributed by atoms with Crippen molar-refractivity contribution in [1.29, 1.82) is 0 Å². The normalized spacial score (nSPS) is 13.5. The first-order valence-electron chi connectivity index (χ1n) is 3.62. The lowest BCUT2D eigenvalue weighted by Gasteiger charge is -2.16. The van der Waals surface area contributed by atoms with E-state index in [1.54, 1.807) is 11.8 Å². The molecule has 0 saturated heterocycles. The molecule has 4 heteroatoms. The van der Waals surface area contributed by atoms with Crippen molar-refractivity contribution >= 4 is 17.7 Å². The smallest absolute Gasteiger partial charge is 0.235 e. The summed E-state index contributed by atoms with van der Waals surface area (Å²) in [5, 5.41) is 3.08. The Bertz CT molecular complexity index is 128. The second-order valence-corrected chi connectivity index (χ2v) is 3.64. The van der Waals surface area contributed by atoms with E-state index in [2.05, 4.69) is 5.32 Å². The van der Waals surface area contributed by atoms with Crippen LogP contribution in [0.15, 0.2) is 0 Å². The Morgan fingerprint density at radius 1 is 1.64 bits per heavy atom. The molecule has 0 saturated carbocycles. The summed E-state index contributed by atoms with van der Waals surface area (Å²) < 4.78 is 0. The van der Waals surface area contributed by atoms with Gasteiger partial charge in [-0.2, -0.15) is 11.8 Å². The molecule has 3 nitrogen and oxygen atoms in total. The van der Waals surface area contributed by atoms with Crippen LogP contribution in [0.25, 0.3) is 0 Å². The van der Waals surface area contributed by atoms with Gasteiger partial charge < -0.3 is 11.1 Å². The van der Waals surface area contributed by atoms with Crippen LogP contribution < -0.4 is 11.1 Å². The van der Waals surface area contributed by atoms with E-state index in [9.17, 15) is 4.79 Å². The standard InChI is InChI=1S/C7H16N2OS/c1-5(2)9-6(4-11-3)7(8)10/h5-6,9H,4H2,1-3H3,(H2,8,10). The summed E-state index contributed by atoms with van der Waals surface area (Å²) in [7, 11) is 0. The van der Waals surface area contributed by atoms with Crippen molar-refractivity contribution in [2.45, 2.75) is 25.9 Å². The Hall–Kier alpha value is -0.220. The number of carbonyl (C=O) groups excluding carboxylic acids is 1. The van der Waals surface area contributed by atoms with Gasteiger partial charge in [0, 0.05) is 11.8 Å². The molecule has 0 fully saturated rings. The lowest BCUT2D eigenvalue weighted by atomic mass is 10.3. The summed E-state index contributed by atoms with van der Waals surface area (Å²) in [6.07, 6.45) is 1.96. The number of hydrogen-bond acceptors (Lipinski definition) is 3. The molecule has 0 heterocycles. The fraction of sp³-hybridized carbons (Fsp3) is 0.857. The molecule has 0 aliphatic rings. The Balaban J connectivity index is 3.79. The molecule has 0 aliphatic heterocycles. The summed E-state index contributed by atoms with van der Waals surface area (Å²) in [5.41, 5.74) is 5.16. The average molecular weight is 176 g/mol. The number of nitrogens with two attached hydrogens (primary N) is 1. The van der Waals surface area contributed by atoms with E-state index in [-0.39, 0.29) is 11.9 Å². The van der Waals surface area contributed by atoms with E-state index in [0.29, 0.717) is 6.04 Å². The van der Waals surface area contributed by atoms with Gasteiger partial charge in [0.2, 0.25) is 5.91 Å². The zero-order valence-corrected chi connectivity index (χ0v) is 8.07. The second-order valence-electron chi connectivity index (χ2n) is 2.73. The molecular formula is C7H16N2OS. The van der Waals surface area contributed by atoms with Crippen LogP contribution in [-0.4, -0.2) is 30.0 Å². The van der Waals surface area contributed by atoms with Crippen LogP contribution in [0, 0.1) is 0 Å². The van der Waals surface area contributed by atoms with Gasteiger partial charge in [-0.05, 0) is 6.26 Å². The maximum absolute atomic E-state index is 10.8. The van der Waals surface area contributed by atoms with Crippen molar-refractivity contribution in [2.75, 3.05) is 12.0 Å². The second kappa shape index (κ2) is 5.43. The number of amides is 1. The van der Waals surface area contributed by atoms with Crippen LogP contribution >= 0.6 is 11.8 Å². The monoisotopic (exact) mass is 176 g/mol. The van der Waals surface area contributed by atoms with Gasteiger partial charge in [-0.3, -0.25) is 4.79 Å². The van der Waals surface area contributed by atoms with Gasteiger partial charge in [-0.15, -0.1) is 0 Å². The topological polar surface area (TPSA) is 55.1 Å². The lowest BCUT2D eigenvalue weighted by molar-refractivity contribution is -0.119. The summed E-state index contributed by atoms with van der Waals surface area (Å²) >= 11 is 1.62. The van der Waals surface area contributed by atoms with E-state index in [1.807, 2.05) is 20.1 Å². The number of hydrogen-bond donors (Lipinski definition) is 2. The molecule has 0 aromatic carbocycles. The first kappa shape index (κ1) is 10.8. The van der Waals surface area contributed by atoms with Crippen LogP contribution in [0.1, 0.15) is 13.8 Å². The predicted octanol–water partition coefficient (Wildman–Crippen LogP) is 0.201. The van der Waals surface area contributed by atoms with Crippen LogP contribution in [0.3, 0.4) is 0 Å². The van der Waals surface area contributed by atoms with Crippen molar-refractivity contribution in [2.24, 2.45) is 5.73 Å². The minimum Gasteiger partial charge on any atom is -0.368 e. The van der Waals surface area contributed by atoms with Crippen LogP contribution in [-0.2, 0) is 4.79 Å².